The van der Waals surface area contributed by atoms with Crippen molar-refractivity contribution in [1.82, 2.24) is 9.97 Å². The number of pyridine rings is 2. The van der Waals surface area contributed by atoms with Gasteiger partial charge in [0.05, 0.1) is 10.7 Å². The monoisotopic (exact) mass is 339 g/mol. The molecule has 1 aliphatic rings. The molecule has 0 unspecified atom stereocenters. The van der Waals surface area contributed by atoms with Gasteiger partial charge in [-0.25, -0.2) is 14.4 Å². The Bertz CT molecular complexity index is 721. The normalized spacial score (nSPS) is 15.8. The van der Waals surface area contributed by atoms with Crippen molar-refractivity contribution < 1.29 is 13.5 Å². The topological polar surface area (TPSA) is 61.0 Å². The number of rotatable bonds is 3. The lowest BCUT2D eigenvalue weighted by molar-refractivity contribution is 0.0665. The highest BCUT2D eigenvalue weighted by Gasteiger charge is 2.20. The van der Waals surface area contributed by atoms with Gasteiger partial charge in [-0.05, 0) is 36.8 Å². The van der Waals surface area contributed by atoms with Crippen LogP contribution >= 0.6 is 11.6 Å². The molecule has 0 aromatic carbocycles. The number of nitrogen functional groups attached to an aromatic ring is 1. The molecule has 0 amide bonds. The Hall–Kier alpha value is -1.79. The SMILES string of the molecule is Nc1nc(-c2cc(F)ncc2Cl)c(CC2CCOCC2)cc1F. The maximum Gasteiger partial charge on any atom is 0.213 e. The fourth-order valence-electron chi connectivity index (χ4n) is 2.79. The molecule has 0 atom stereocenters. The van der Waals surface area contributed by atoms with Crippen LogP contribution in [-0.2, 0) is 11.2 Å². The van der Waals surface area contributed by atoms with E-state index in [0.29, 0.717) is 42.4 Å². The summed E-state index contributed by atoms with van der Waals surface area (Å²) in [6, 6.07) is 2.55. The molecule has 0 aliphatic carbocycles. The Morgan fingerprint density at radius 3 is 2.74 bits per heavy atom. The predicted octanol–water partition coefficient (Wildman–Crippen LogP) is 3.63. The van der Waals surface area contributed by atoms with Crippen molar-refractivity contribution in [2.24, 2.45) is 5.92 Å². The van der Waals surface area contributed by atoms with Gasteiger partial charge >= 0.3 is 0 Å². The van der Waals surface area contributed by atoms with Crippen molar-refractivity contribution in [2.45, 2.75) is 19.3 Å². The number of ether oxygens (including phenoxy) is 1. The molecule has 2 aromatic heterocycles. The number of halogens is 3. The third-order valence-electron chi connectivity index (χ3n) is 4.01. The summed E-state index contributed by atoms with van der Waals surface area (Å²) in [5, 5.41) is 0.248. The summed E-state index contributed by atoms with van der Waals surface area (Å²) in [6.45, 7) is 1.38. The molecule has 2 N–H and O–H groups in total. The minimum atomic E-state index is -0.675. The van der Waals surface area contributed by atoms with E-state index in [4.69, 9.17) is 22.1 Å². The standard InChI is InChI=1S/C16H16ClF2N3O/c17-12-8-21-14(19)7-11(12)15-10(6-13(18)16(20)22-15)5-9-1-3-23-4-2-9/h6-9H,1-5H2,(H2,20,22). The Morgan fingerprint density at radius 2 is 2.00 bits per heavy atom. The zero-order valence-electron chi connectivity index (χ0n) is 12.4. The van der Waals surface area contributed by atoms with Gasteiger partial charge in [0, 0.05) is 31.0 Å². The van der Waals surface area contributed by atoms with E-state index < -0.39 is 11.8 Å². The first-order chi connectivity index (χ1) is 11.0. The zero-order chi connectivity index (χ0) is 16.4. The van der Waals surface area contributed by atoms with Gasteiger partial charge in [0.15, 0.2) is 11.6 Å². The second kappa shape index (κ2) is 6.76. The lowest BCUT2D eigenvalue weighted by atomic mass is 9.90. The fourth-order valence-corrected chi connectivity index (χ4v) is 2.98. The number of hydrogen-bond acceptors (Lipinski definition) is 4. The van der Waals surface area contributed by atoms with Gasteiger partial charge in [-0.2, -0.15) is 4.39 Å². The van der Waals surface area contributed by atoms with Gasteiger partial charge in [-0.1, -0.05) is 11.6 Å². The van der Waals surface area contributed by atoms with Crippen molar-refractivity contribution in [3.8, 4) is 11.3 Å². The van der Waals surface area contributed by atoms with Gasteiger partial charge in [0.2, 0.25) is 5.95 Å². The van der Waals surface area contributed by atoms with Gasteiger partial charge in [0.25, 0.3) is 0 Å². The Kier molecular flexibility index (Phi) is 4.73. The molecule has 3 heterocycles. The second-order valence-corrected chi connectivity index (χ2v) is 6.02. The highest BCUT2D eigenvalue weighted by molar-refractivity contribution is 6.33. The molecule has 1 aliphatic heterocycles. The summed E-state index contributed by atoms with van der Waals surface area (Å²) in [4.78, 5) is 7.60. The van der Waals surface area contributed by atoms with Crippen LogP contribution in [0, 0.1) is 17.7 Å². The molecule has 0 radical (unpaired) electrons. The van der Waals surface area contributed by atoms with Crippen molar-refractivity contribution in [3.05, 3.63) is 40.7 Å². The molecule has 2 aromatic rings. The number of nitrogens with zero attached hydrogens (tertiary/aromatic N) is 2. The molecule has 23 heavy (non-hydrogen) atoms. The Labute approximate surface area is 137 Å². The number of anilines is 1. The van der Waals surface area contributed by atoms with Gasteiger partial charge < -0.3 is 10.5 Å². The lowest BCUT2D eigenvalue weighted by Gasteiger charge is -2.23. The fraction of sp³-hybridized carbons (Fsp3) is 0.375. The van der Waals surface area contributed by atoms with Crippen molar-refractivity contribution in [3.63, 3.8) is 0 Å². The van der Waals surface area contributed by atoms with Crippen molar-refractivity contribution in [2.75, 3.05) is 18.9 Å². The van der Waals surface area contributed by atoms with E-state index in [1.165, 1.54) is 18.3 Å². The Morgan fingerprint density at radius 1 is 1.26 bits per heavy atom. The predicted molar refractivity (Wildman–Crippen MR) is 84.1 cm³/mol. The number of aromatic nitrogens is 2. The van der Waals surface area contributed by atoms with Crippen LogP contribution in [0.2, 0.25) is 5.02 Å². The minimum absolute atomic E-state index is 0.232. The summed E-state index contributed by atoms with van der Waals surface area (Å²) in [7, 11) is 0. The average molecular weight is 340 g/mol. The van der Waals surface area contributed by atoms with Gasteiger partial charge in [0.1, 0.15) is 0 Å². The molecule has 1 saturated heterocycles. The van der Waals surface area contributed by atoms with Crippen LogP contribution in [0.1, 0.15) is 18.4 Å². The van der Waals surface area contributed by atoms with E-state index in [9.17, 15) is 8.78 Å². The summed E-state index contributed by atoms with van der Waals surface area (Å²) in [5.41, 5.74) is 7.03. The molecule has 0 saturated carbocycles. The molecular weight excluding hydrogens is 324 g/mol. The second-order valence-electron chi connectivity index (χ2n) is 5.61. The maximum absolute atomic E-state index is 13.9. The average Bonchev–Trinajstić information content (AvgIpc) is 2.54. The molecule has 3 rings (SSSR count). The lowest BCUT2D eigenvalue weighted by Crippen LogP contribution is -2.18. The van der Waals surface area contributed by atoms with Crippen LogP contribution in [0.25, 0.3) is 11.3 Å². The first-order valence-electron chi connectivity index (χ1n) is 7.38. The summed E-state index contributed by atoms with van der Waals surface area (Å²) < 4.78 is 32.7. The van der Waals surface area contributed by atoms with Crippen molar-refractivity contribution in [1.29, 1.82) is 0 Å². The minimum Gasteiger partial charge on any atom is -0.381 e. The summed E-state index contributed by atoms with van der Waals surface area (Å²) >= 11 is 6.11. The quantitative estimate of drug-likeness (QED) is 0.867. The largest absolute Gasteiger partial charge is 0.381 e. The molecule has 4 nitrogen and oxygen atoms in total. The highest BCUT2D eigenvalue weighted by atomic mass is 35.5. The van der Waals surface area contributed by atoms with Gasteiger partial charge in [-0.3, -0.25) is 0 Å². The number of nitrogens with two attached hydrogens (primary N) is 1. The van der Waals surface area contributed by atoms with E-state index >= 15 is 0 Å². The summed E-state index contributed by atoms with van der Waals surface area (Å²) in [6.07, 6.45) is 3.61. The van der Waals surface area contributed by atoms with E-state index in [1.54, 1.807) is 0 Å². The molecular formula is C16H16ClF2N3O. The van der Waals surface area contributed by atoms with E-state index in [2.05, 4.69) is 9.97 Å². The molecule has 0 bridgehead atoms. The van der Waals surface area contributed by atoms with E-state index in [0.717, 1.165) is 12.8 Å². The third-order valence-corrected chi connectivity index (χ3v) is 4.31. The maximum atomic E-state index is 13.9. The first kappa shape index (κ1) is 16.1. The Balaban J connectivity index is 2.03. The smallest absolute Gasteiger partial charge is 0.213 e. The van der Waals surface area contributed by atoms with E-state index in [1.807, 2.05) is 0 Å². The molecule has 1 fully saturated rings. The zero-order valence-corrected chi connectivity index (χ0v) is 13.1. The third kappa shape index (κ3) is 3.59. The van der Waals surface area contributed by atoms with Crippen molar-refractivity contribution >= 4 is 17.4 Å². The van der Waals surface area contributed by atoms with Gasteiger partial charge in [-0.15, -0.1) is 0 Å². The van der Waals surface area contributed by atoms with Crippen LogP contribution in [0.5, 0.6) is 0 Å². The number of hydrogen-bond donors (Lipinski definition) is 1. The first-order valence-corrected chi connectivity index (χ1v) is 7.76. The molecule has 0 spiro atoms. The van der Waals surface area contributed by atoms with E-state index in [-0.39, 0.29) is 10.8 Å². The van der Waals surface area contributed by atoms with Crippen LogP contribution in [0.15, 0.2) is 18.3 Å². The highest BCUT2D eigenvalue weighted by Crippen LogP contribution is 2.33. The summed E-state index contributed by atoms with van der Waals surface area (Å²) in [5.74, 6) is -1.13. The van der Waals surface area contributed by atoms with Crippen LogP contribution in [-0.4, -0.2) is 23.2 Å². The van der Waals surface area contributed by atoms with Crippen LogP contribution in [0.3, 0.4) is 0 Å². The molecule has 7 heteroatoms. The molecule has 122 valence electrons. The van der Waals surface area contributed by atoms with Crippen LogP contribution < -0.4 is 5.73 Å². The van der Waals surface area contributed by atoms with Crippen LogP contribution in [0.4, 0.5) is 14.6 Å².